The van der Waals surface area contributed by atoms with Crippen LogP contribution < -0.4 is 15.1 Å². The summed E-state index contributed by atoms with van der Waals surface area (Å²) in [7, 11) is 0. The Labute approximate surface area is 198 Å². The number of ether oxygens (including phenoxy) is 1. The van der Waals surface area contributed by atoms with E-state index in [1.165, 1.54) is 12.1 Å². The highest BCUT2D eigenvalue weighted by atomic mass is 19.1. The Morgan fingerprint density at radius 2 is 1.62 bits per heavy atom. The van der Waals surface area contributed by atoms with E-state index in [9.17, 15) is 9.18 Å². The van der Waals surface area contributed by atoms with E-state index in [0.29, 0.717) is 12.5 Å². The van der Waals surface area contributed by atoms with Crippen molar-refractivity contribution in [3.63, 3.8) is 0 Å². The molecule has 2 fully saturated rings. The summed E-state index contributed by atoms with van der Waals surface area (Å²) >= 11 is 0. The third-order valence-corrected chi connectivity index (χ3v) is 6.40. The van der Waals surface area contributed by atoms with Crippen LogP contribution in [0.3, 0.4) is 0 Å². The second-order valence-corrected chi connectivity index (χ2v) is 8.70. The summed E-state index contributed by atoms with van der Waals surface area (Å²) in [4.78, 5) is 26.3. The molecule has 8 heteroatoms. The monoisotopic (exact) mass is 461 g/mol. The van der Waals surface area contributed by atoms with E-state index in [1.54, 1.807) is 24.5 Å². The van der Waals surface area contributed by atoms with Crippen molar-refractivity contribution >= 4 is 23.2 Å². The zero-order valence-electron chi connectivity index (χ0n) is 19.0. The number of carbonyl (C=O) groups excluding carboxylic acids is 1. The van der Waals surface area contributed by atoms with Crippen LogP contribution in [-0.2, 0) is 9.53 Å². The summed E-state index contributed by atoms with van der Waals surface area (Å²) in [6.45, 7) is 4.65. The topological polar surface area (TPSA) is 70.6 Å². The van der Waals surface area contributed by atoms with Gasteiger partial charge < -0.3 is 19.9 Å². The highest BCUT2D eigenvalue weighted by Crippen LogP contribution is 2.25. The molecule has 2 aliphatic rings. The van der Waals surface area contributed by atoms with Gasteiger partial charge in [0.05, 0.1) is 19.1 Å². The Hall–Kier alpha value is -3.52. The van der Waals surface area contributed by atoms with Crippen LogP contribution in [-0.4, -0.2) is 55.3 Å². The molecule has 0 aliphatic carbocycles. The second kappa shape index (κ2) is 10.2. The van der Waals surface area contributed by atoms with Crippen molar-refractivity contribution in [1.82, 2.24) is 9.97 Å². The van der Waals surface area contributed by atoms with E-state index in [2.05, 4.69) is 25.1 Å². The van der Waals surface area contributed by atoms with Crippen molar-refractivity contribution in [2.24, 2.45) is 5.92 Å². The Balaban J connectivity index is 1.19. The SMILES string of the molecule is O=C(Nc1ccc(N2CCOCC2)cc1)[C@@H]1CCCN(c2ncc(-c3ccc(F)cc3)cn2)C1. The number of nitrogens with zero attached hydrogens (tertiary/aromatic N) is 4. The first kappa shape index (κ1) is 22.3. The molecule has 5 rings (SSSR count). The van der Waals surface area contributed by atoms with Crippen LogP contribution in [0.5, 0.6) is 0 Å². The predicted octanol–water partition coefficient (Wildman–Crippen LogP) is 3.97. The quantitative estimate of drug-likeness (QED) is 0.620. The van der Waals surface area contributed by atoms with Crippen molar-refractivity contribution in [1.29, 1.82) is 0 Å². The molecular weight excluding hydrogens is 433 g/mol. The van der Waals surface area contributed by atoms with Crippen LogP contribution in [0.1, 0.15) is 12.8 Å². The molecule has 1 atom stereocenters. The molecule has 3 aromatic rings. The Morgan fingerprint density at radius 3 is 2.32 bits per heavy atom. The van der Waals surface area contributed by atoms with Crippen molar-refractivity contribution in [2.45, 2.75) is 12.8 Å². The zero-order valence-corrected chi connectivity index (χ0v) is 19.0. The number of morpholine rings is 1. The summed E-state index contributed by atoms with van der Waals surface area (Å²) in [6, 6.07) is 14.3. The van der Waals surface area contributed by atoms with Crippen molar-refractivity contribution in [3.05, 3.63) is 66.7 Å². The molecule has 176 valence electrons. The number of piperidine rings is 1. The highest BCUT2D eigenvalue weighted by Gasteiger charge is 2.27. The van der Waals surface area contributed by atoms with Gasteiger partial charge in [-0.15, -0.1) is 0 Å². The molecule has 0 saturated carbocycles. The number of rotatable bonds is 5. The molecule has 2 aromatic carbocycles. The first-order valence-corrected chi connectivity index (χ1v) is 11.7. The molecular formula is C26H28FN5O2. The number of halogens is 1. The van der Waals surface area contributed by atoms with E-state index >= 15 is 0 Å². The summed E-state index contributed by atoms with van der Waals surface area (Å²) in [5.41, 5.74) is 3.64. The number of nitrogens with one attached hydrogen (secondary N) is 1. The molecule has 2 saturated heterocycles. The number of amides is 1. The number of hydrogen-bond donors (Lipinski definition) is 1. The van der Waals surface area contributed by atoms with Gasteiger partial charge in [-0.25, -0.2) is 14.4 Å². The molecule has 7 nitrogen and oxygen atoms in total. The maximum atomic E-state index is 13.2. The lowest BCUT2D eigenvalue weighted by Gasteiger charge is -2.32. The third-order valence-electron chi connectivity index (χ3n) is 6.40. The van der Waals surface area contributed by atoms with Gasteiger partial charge in [0.1, 0.15) is 5.82 Å². The Kier molecular flexibility index (Phi) is 6.67. The van der Waals surface area contributed by atoms with Crippen LogP contribution in [0.4, 0.5) is 21.7 Å². The lowest BCUT2D eigenvalue weighted by Crippen LogP contribution is -2.41. The lowest BCUT2D eigenvalue weighted by molar-refractivity contribution is -0.120. The Morgan fingerprint density at radius 1 is 0.912 bits per heavy atom. The smallest absolute Gasteiger partial charge is 0.229 e. The van der Waals surface area contributed by atoms with E-state index in [1.807, 2.05) is 24.3 Å². The zero-order chi connectivity index (χ0) is 23.3. The second-order valence-electron chi connectivity index (χ2n) is 8.70. The fourth-order valence-corrected chi connectivity index (χ4v) is 4.47. The van der Waals surface area contributed by atoms with Gasteiger partial charge in [0, 0.05) is 55.5 Å². The minimum atomic E-state index is -0.271. The number of aromatic nitrogens is 2. The molecule has 2 aliphatic heterocycles. The number of carbonyl (C=O) groups is 1. The maximum Gasteiger partial charge on any atom is 0.229 e. The third kappa shape index (κ3) is 5.17. The molecule has 0 radical (unpaired) electrons. The van der Waals surface area contributed by atoms with Gasteiger partial charge in [-0.3, -0.25) is 4.79 Å². The number of anilines is 3. The summed E-state index contributed by atoms with van der Waals surface area (Å²) in [5.74, 6) is 0.227. The highest BCUT2D eigenvalue weighted by molar-refractivity contribution is 5.93. The van der Waals surface area contributed by atoms with Crippen molar-refractivity contribution in [2.75, 3.05) is 54.5 Å². The molecule has 0 spiro atoms. The number of benzene rings is 2. The molecule has 1 amide bonds. The molecule has 3 heterocycles. The van der Waals surface area contributed by atoms with Gasteiger partial charge >= 0.3 is 0 Å². The fraction of sp³-hybridized carbons (Fsp3) is 0.346. The van der Waals surface area contributed by atoms with Crippen LogP contribution in [0.2, 0.25) is 0 Å². The van der Waals surface area contributed by atoms with Gasteiger partial charge in [0.15, 0.2) is 0 Å². The number of hydrogen-bond acceptors (Lipinski definition) is 6. The predicted molar refractivity (Wildman–Crippen MR) is 130 cm³/mol. The van der Waals surface area contributed by atoms with Crippen LogP contribution >= 0.6 is 0 Å². The van der Waals surface area contributed by atoms with Gasteiger partial charge in [0.2, 0.25) is 11.9 Å². The van der Waals surface area contributed by atoms with E-state index in [-0.39, 0.29) is 17.6 Å². The molecule has 1 N–H and O–H groups in total. The van der Waals surface area contributed by atoms with E-state index in [4.69, 9.17) is 4.74 Å². The summed E-state index contributed by atoms with van der Waals surface area (Å²) < 4.78 is 18.6. The van der Waals surface area contributed by atoms with E-state index in [0.717, 1.165) is 68.2 Å². The van der Waals surface area contributed by atoms with Crippen LogP contribution in [0, 0.1) is 11.7 Å². The maximum absolute atomic E-state index is 13.2. The first-order valence-electron chi connectivity index (χ1n) is 11.7. The van der Waals surface area contributed by atoms with Gasteiger partial charge in [-0.05, 0) is 54.8 Å². The first-order chi connectivity index (χ1) is 16.7. The van der Waals surface area contributed by atoms with Crippen LogP contribution in [0.25, 0.3) is 11.1 Å². The molecule has 0 bridgehead atoms. The average molecular weight is 462 g/mol. The minimum Gasteiger partial charge on any atom is -0.378 e. The van der Waals surface area contributed by atoms with Crippen molar-refractivity contribution < 1.29 is 13.9 Å². The molecule has 34 heavy (non-hydrogen) atoms. The van der Waals surface area contributed by atoms with Crippen molar-refractivity contribution in [3.8, 4) is 11.1 Å². The fourth-order valence-electron chi connectivity index (χ4n) is 4.47. The minimum absolute atomic E-state index is 0.0201. The summed E-state index contributed by atoms with van der Waals surface area (Å²) in [6.07, 6.45) is 5.23. The summed E-state index contributed by atoms with van der Waals surface area (Å²) in [5, 5.41) is 3.07. The largest absolute Gasteiger partial charge is 0.378 e. The van der Waals surface area contributed by atoms with Crippen LogP contribution in [0.15, 0.2) is 60.9 Å². The standard InChI is InChI=1S/C26H28FN5O2/c27-22-5-3-19(4-6-22)21-16-28-26(29-17-21)32-11-1-2-20(18-32)25(33)30-23-7-9-24(10-8-23)31-12-14-34-15-13-31/h3-10,16-17,20H,1-2,11-15,18H2,(H,30,33)/t20-/m1/s1. The average Bonchev–Trinajstić information content (AvgIpc) is 2.90. The Bertz CT molecular complexity index is 1100. The molecule has 0 unspecified atom stereocenters. The van der Waals surface area contributed by atoms with Gasteiger partial charge in [0.25, 0.3) is 0 Å². The van der Waals surface area contributed by atoms with Gasteiger partial charge in [-0.2, -0.15) is 0 Å². The lowest BCUT2D eigenvalue weighted by atomic mass is 9.97. The normalized spacial score (nSPS) is 18.6. The van der Waals surface area contributed by atoms with E-state index < -0.39 is 0 Å². The van der Waals surface area contributed by atoms with Gasteiger partial charge in [-0.1, -0.05) is 12.1 Å². The molecule has 1 aromatic heterocycles.